The van der Waals surface area contributed by atoms with E-state index in [4.69, 9.17) is 5.73 Å². The molecule has 0 fully saturated rings. The van der Waals surface area contributed by atoms with Crippen LogP contribution in [0.3, 0.4) is 0 Å². The molecule has 0 aliphatic carbocycles. The number of nitrogens with one attached hydrogen (secondary N) is 1. The summed E-state index contributed by atoms with van der Waals surface area (Å²) in [6.45, 7) is 3.80. The van der Waals surface area contributed by atoms with E-state index < -0.39 is 5.54 Å². The average Bonchev–Trinajstić information content (AvgIpc) is 2.93. The van der Waals surface area contributed by atoms with E-state index >= 15 is 0 Å². The fourth-order valence-electron chi connectivity index (χ4n) is 2.10. The van der Waals surface area contributed by atoms with Gasteiger partial charge < -0.3 is 11.1 Å². The van der Waals surface area contributed by atoms with E-state index in [1.54, 1.807) is 18.3 Å². The maximum Gasteiger partial charge on any atom is 0.244 e. The molecule has 0 saturated carbocycles. The molecule has 1 amide bonds. The Morgan fingerprint density at radius 1 is 1.33 bits per heavy atom. The molecular formula is C16H21ClN2OS. The Morgan fingerprint density at radius 2 is 2.10 bits per heavy atom. The second-order valence-electron chi connectivity index (χ2n) is 5.18. The van der Waals surface area contributed by atoms with E-state index in [0.29, 0.717) is 6.42 Å². The molecule has 1 atom stereocenters. The van der Waals surface area contributed by atoms with Gasteiger partial charge in [-0.2, -0.15) is 0 Å². The monoisotopic (exact) mass is 324 g/mol. The first kappa shape index (κ1) is 17.7. The van der Waals surface area contributed by atoms with Crippen molar-refractivity contribution in [1.29, 1.82) is 0 Å². The van der Waals surface area contributed by atoms with Crippen molar-refractivity contribution in [2.45, 2.75) is 32.2 Å². The van der Waals surface area contributed by atoms with Crippen LogP contribution in [-0.4, -0.2) is 11.4 Å². The molecule has 0 saturated heterocycles. The van der Waals surface area contributed by atoms with Crippen molar-refractivity contribution in [3.8, 4) is 10.4 Å². The summed E-state index contributed by atoms with van der Waals surface area (Å²) in [4.78, 5) is 13.4. The molecule has 3 N–H and O–H groups in total. The van der Waals surface area contributed by atoms with Crippen molar-refractivity contribution in [1.82, 2.24) is 0 Å². The van der Waals surface area contributed by atoms with Gasteiger partial charge in [-0.25, -0.2) is 0 Å². The number of nitrogens with two attached hydrogens (primary N) is 1. The van der Waals surface area contributed by atoms with Crippen molar-refractivity contribution in [2.75, 3.05) is 5.32 Å². The molecule has 2 aromatic rings. The second kappa shape index (κ2) is 7.59. The highest BCUT2D eigenvalue weighted by Crippen LogP contribution is 2.27. The van der Waals surface area contributed by atoms with Gasteiger partial charge in [0.05, 0.1) is 5.54 Å². The second-order valence-corrected chi connectivity index (χ2v) is 6.13. The molecule has 3 nitrogen and oxygen atoms in total. The number of amides is 1. The van der Waals surface area contributed by atoms with Crippen LogP contribution in [0.15, 0.2) is 41.8 Å². The molecule has 5 heteroatoms. The highest BCUT2D eigenvalue weighted by atomic mass is 35.5. The lowest BCUT2D eigenvalue weighted by atomic mass is 9.96. The van der Waals surface area contributed by atoms with Crippen LogP contribution in [0.25, 0.3) is 10.4 Å². The van der Waals surface area contributed by atoms with Gasteiger partial charge in [0.15, 0.2) is 0 Å². The molecule has 21 heavy (non-hydrogen) atoms. The van der Waals surface area contributed by atoms with Crippen LogP contribution >= 0.6 is 23.7 Å². The number of halogens is 1. The molecule has 1 heterocycles. The Labute approximate surface area is 136 Å². The first-order chi connectivity index (χ1) is 9.53. The maximum absolute atomic E-state index is 12.2. The van der Waals surface area contributed by atoms with Crippen molar-refractivity contribution in [3.63, 3.8) is 0 Å². The van der Waals surface area contributed by atoms with Crippen LogP contribution < -0.4 is 11.1 Å². The fraction of sp³-hybridized carbons (Fsp3) is 0.312. The van der Waals surface area contributed by atoms with Crippen molar-refractivity contribution < 1.29 is 4.79 Å². The van der Waals surface area contributed by atoms with Gasteiger partial charge in [-0.05, 0) is 42.5 Å². The van der Waals surface area contributed by atoms with Gasteiger partial charge in [0.1, 0.15) is 0 Å². The van der Waals surface area contributed by atoms with Gasteiger partial charge in [-0.3, -0.25) is 4.79 Å². The van der Waals surface area contributed by atoms with Gasteiger partial charge in [0.2, 0.25) is 5.91 Å². The normalized spacial score (nSPS) is 13.1. The predicted octanol–water partition coefficient (Wildman–Crippen LogP) is 4.29. The molecule has 1 aromatic heterocycles. The predicted molar refractivity (Wildman–Crippen MR) is 93.1 cm³/mol. The first-order valence-corrected chi connectivity index (χ1v) is 7.65. The quantitative estimate of drug-likeness (QED) is 0.861. The highest BCUT2D eigenvalue weighted by molar-refractivity contribution is 7.13. The first-order valence-electron chi connectivity index (χ1n) is 6.77. The van der Waals surface area contributed by atoms with Gasteiger partial charge in [0.25, 0.3) is 0 Å². The summed E-state index contributed by atoms with van der Waals surface area (Å²) in [5, 5.41) is 4.95. The molecule has 0 aliphatic rings. The largest absolute Gasteiger partial charge is 0.324 e. The van der Waals surface area contributed by atoms with E-state index in [1.807, 2.05) is 42.6 Å². The van der Waals surface area contributed by atoms with Crippen LogP contribution in [0.4, 0.5) is 5.69 Å². The van der Waals surface area contributed by atoms with E-state index in [9.17, 15) is 4.79 Å². The Balaban J connectivity index is 0.00000220. The number of benzene rings is 1. The lowest BCUT2D eigenvalue weighted by molar-refractivity contribution is -0.120. The molecule has 114 valence electrons. The average molecular weight is 325 g/mol. The summed E-state index contributed by atoms with van der Waals surface area (Å²) in [7, 11) is 0. The summed E-state index contributed by atoms with van der Waals surface area (Å²) < 4.78 is 0. The number of hydrogen-bond donors (Lipinski definition) is 2. The van der Waals surface area contributed by atoms with Crippen LogP contribution in [0.5, 0.6) is 0 Å². The SMILES string of the molecule is CCCC(C)(N)C(=O)Nc1cccc(-c2cccs2)c1.Cl. The number of carbonyl (C=O) groups is 1. The summed E-state index contributed by atoms with van der Waals surface area (Å²) in [5.41, 5.74) is 7.11. The van der Waals surface area contributed by atoms with Gasteiger partial charge in [-0.1, -0.05) is 31.5 Å². The van der Waals surface area contributed by atoms with E-state index in [0.717, 1.165) is 17.7 Å². The number of rotatable bonds is 5. The highest BCUT2D eigenvalue weighted by Gasteiger charge is 2.27. The minimum atomic E-state index is -0.826. The molecule has 0 bridgehead atoms. The lowest BCUT2D eigenvalue weighted by Gasteiger charge is -2.23. The summed E-state index contributed by atoms with van der Waals surface area (Å²) in [5.74, 6) is -0.136. The van der Waals surface area contributed by atoms with E-state index in [2.05, 4.69) is 11.4 Å². The zero-order chi connectivity index (χ0) is 14.6. The lowest BCUT2D eigenvalue weighted by Crippen LogP contribution is -2.48. The van der Waals surface area contributed by atoms with Crippen molar-refractivity contribution >= 4 is 35.3 Å². The van der Waals surface area contributed by atoms with Crippen LogP contribution in [0.1, 0.15) is 26.7 Å². The number of anilines is 1. The fourth-order valence-corrected chi connectivity index (χ4v) is 2.82. The number of hydrogen-bond acceptors (Lipinski definition) is 3. The molecule has 2 rings (SSSR count). The molecule has 1 aromatic carbocycles. The third-order valence-electron chi connectivity index (χ3n) is 3.21. The molecule has 1 unspecified atom stereocenters. The summed E-state index contributed by atoms with van der Waals surface area (Å²) in [6.07, 6.45) is 1.55. The van der Waals surface area contributed by atoms with Gasteiger partial charge in [-0.15, -0.1) is 23.7 Å². The van der Waals surface area contributed by atoms with Crippen LogP contribution in [0, 0.1) is 0 Å². The Morgan fingerprint density at radius 3 is 2.71 bits per heavy atom. The van der Waals surface area contributed by atoms with Gasteiger partial charge >= 0.3 is 0 Å². The molecular weight excluding hydrogens is 304 g/mol. The Bertz CT molecular complexity index is 582. The third kappa shape index (κ3) is 4.56. The van der Waals surface area contributed by atoms with Crippen molar-refractivity contribution in [3.05, 3.63) is 41.8 Å². The molecule has 0 aliphatic heterocycles. The van der Waals surface area contributed by atoms with Gasteiger partial charge in [0, 0.05) is 10.6 Å². The summed E-state index contributed by atoms with van der Waals surface area (Å²) in [6, 6.07) is 11.9. The van der Waals surface area contributed by atoms with E-state index in [1.165, 1.54) is 4.88 Å². The summed E-state index contributed by atoms with van der Waals surface area (Å²) >= 11 is 1.68. The van der Waals surface area contributed by atoms with Crippen molar-refractivity contribution in [2.24, 2.45) is 5.73 Å². The smallest absolute Gasteiger partial charge is 0.244 e. The Hall–Kier alpha value is -1.36. The van der Waals surface area contributed by atoms with Crippen LogP contribution in [0.2, 0.25) is 0 Å². The molecule has 0 spiro atoms. The standard InChI is InChI=1S/C16H20N2OS.ClH/c1-3-9-16(2,17)15(19)18-13-7-4-6-12(11-13)14-8-5-10-20-14;/h4-8,10-11H,3,9,17H2,1-2H3,(H,18,19);1H. The Kier molecular flexibility index (Phi) is 6.40. The zero-order valence-electron chi connectivity index (χ0n) is 12.3. The number of carbonyl (C=O) groups excluding carboxylic acids is 1. The maximum atomic E-state index is 12.2. The van der Waals surface area contributed by atoms with Crippen LogP contribution in [-0.2, 0) is 4.79 Å². The topological polar surface area (TPSA) is 55.1 Å². The zero-order valence-corrected chi connectivity index (χ0v) is 13.9. The minimum absolute atomic E-state index is 0. The van der Waals surface area contributed by atoms with E-state index in [-0.39, 0.29) is 18.3 Å². The number of thiophene rings is 1. The molecule has 0 radical (unpaired) electrons. The minimum Gasteiger partial charge on any atom is -0.324 e. The third-order valence-corrected chi connectivity index (χ3v) is 4.13.